The molecule has 28 heavy (non-hydrogen) atoms. The average molecular weight is 397 g/mol. The Hall–Kier alpha value is -2.48. The lowest BCUT2D eigenvalue weighted by Gasteiger charge is -2.14. The highest BCUT2D eigenvalue weighted by Gasteiger charge is 2.14. The first kappa shape index (κ1) is 18.9. The summed E-state index contributed by atoms with van der Waals surface area (Å²) in [7, 11) is -3.55. The average Bonchev–Trinajstić information content (AvgIpc) is 3.42. The van der Waals surface area contributed by atoms with E-state index in [0.29, 0.717) is 0 Å². The fourth-order valence-electron chi connectivity index (χ4n) is 3.46. The van der Waals surface area contributed by atoms with E-state index < -0.39 is 10.0 Å². The number of hydrogen-bond acceptors (Lipinski definition) is 4. The van der Waals surface area contributed by atoms with Gasteiger partial charge < -0.3 is 0 Å². The van der Waals surface area contributed by atoms with Crippen LogP contribution < -0.4 is 4.72 Å². The summed E-state index contributed by atoms with van der Waals surface area (Å²) in [5.74, 6) is 0. The first-order valence-electron chi connectivity index (χ1n) is 9.49. The number of aromatic amines is 1. The second-order valence-corrected chi connectivity index (χ2v) is 8.90. The minimum absolute atomic E-state index is 0.255. The maximum absolute atomic E-state index is 12.6. The molecule has 2 N–H and O–H groups in total. The fraction of sp³-hybridized carbons (Fsp3) is 0.286. The molecule has 0 radical (unpaired) electrons. The molecule has 1 aromatic heterocycles. The summed E-state index contributed by atoms with van der Waals surface area (Å²) in [5, 5.41) is 6.66. The van der Waals surface area contributed by atoms with E-state index >= 15 is 0 Å². The van der Waals surface area contributed by atoms with Crippen LogP contribution in [0.2, 0.25) is 0 Å². The van der Waals surface area contributed by atoms with Gasteiger partial charge in [0.05, 0.1) is 11.1 Å². The SMILES string of the molecule is O=S(=O)(NCc1ccc(CN2CCCC2)cc1)c1ccc(-c2cn[nH]c2)cc1. The number of likely N-dealkylation sites (tertiary alicyclic amines) is 1. The van der Waals surface area contributed by atoms with E-state index in [2.05, 4.69) is 32.0 Å². The molecule has 0 unspecified atom stereocenters. The number of rotatable bonds is 7. The predicted octanol–water partition coefficient (Wildman–Crippen LogP) is 3.15. The van der Waals surface area contributed by atoms with Gasteiger partial charge in [-0.15, -0.1) is 0 Å². The van der Waals surface area contributed by atoms with E-state index in [-0.39, 0.29) is 11.4 Å². The Kier molecular flexibility index (Phi) is 5.57. The Morgan fingerprint density at radius 3 is 2.25 bits per heavy atom. The van der Waals surface area contributed by atoms with Crippen molar-refractivity contribution in [1.82, 2.24) is 19.8 Å². The van der Waals surface area contributed by atoms with E-state index in [1.54, 1.807) is 36.7 Å². The second-order valence-electron chi connectivity index (χ2n) is 7.14. The second kappa shape index (κ2) is 8.26. The lowest BCUT2D eigenvalue weighted by atomic mass is 10.1. The largest absolute Gasteiger partial charge is 0.299 e. The fourth-order valence-corrected chi connectivity index (χ4v) is 4.48. The Balaban J connectivity index is 1.36. The zero-order valence-corrected chi connectivity index (χ0v) is 16.5. The van der Waals surface area contributed by atoms with Gasteiger partial charge in [-0.25, -0.2) is 13.1 Å². The monoisotopic (exact) mass is 396 g/mol. The maximum atomic E-state index is 12.6. The molecular weight excluding hydrogens is 372 g/mol. The molecule has 0 bridgehead atoms. The normalized spacial score (nSPS) is 15.1. The van der Waals surface area contributed by atoms with E-state index in [4.69, 9.17) is 0 Å². The summed E-state index contributed by atoms with van der Waals surface area (Å²) in [6.45, 7) is 3.58. The Labute approximate surface area is 165 Å². The molecule has 1 fully saturated rings. The summed E-state index contributed by atoms with van der Waals surface area (Å²) >= 11 is 0. The van der Waals surface area contributed by atoms with Crippen LogP contribution in [0.15, 0.2) is 65.8 Å². The first-order chi connectivity index (χ1) is 13.6. The molecule has 6 nitrogen and oxygen atoms in total. The third-order valence-electron chi connectivity index (χ3n) is 5.09. The topological polar surface area (TPSA) is 78.1 Å². The highest BCUT2D eigenvalue weighted by atomic mass is 32.2. The molecule has 2 aromatic carbocycles. The van der Waals surface area contributed by atoms with Crippen LogP contribution in [-0.4, -0.2) is 36.6 Å². The molecule has 1 saturated heterocycles. The van der Waals surface area contributed by atoms with Crippen LogP contribution in [0.3, 0.4) is 0 Å². The van der Waals surface area contributed by atoms with Crippen molar-refractivity contribution in [3.05, 3.63) is 72.1 Å². The van der Waals surface area contributed by atoms with Gasteiger partial charge in [-0.2, -0.15) is 5.10 Å². The number of nitrogens with one attached hydrogen (secondary N) is 2. The van der Waals surface area contributed by atoms with Crippen LogP contribution in [0.4, 0.5) is 0 Å². The van der Waals surface area contributed by atoms with Crippen LogP contribution in [0.5, 0.6) is 0 Å². The first-order valence-corrected chi connectivity index (χ1v) is 11.0. The van der Waals surface area contributed by atoms with Crippen molar-refractivity contribution in [2.75, 3.05) is 13.1 Å². The van der Waals surface area contributed by atoms with Crippen molar-refractivity contribution >= 4 is 10.0 Å². The van der Waals surface area contributed by atoms with Crippen LogP contribution in [0.1, 0.15) is 24.0 Å². The molecular formula is C21H24N4O2S. The minimum Gasteiger partial charge on any atom is -0.299 e. The minimum atomic E-state index is -3.55. The molecule has 7 heteroatoms. The van der Waals surface area contributed by atoms with Crippen molar-refractivity contribution in [1.29, 1.82) is 0 Å². The molecule has 0 aliphatic carbocycles. The molecule has 4 rings (SSSR count). The zero-order valence-electron chi connectivity index (χ0n) is 15.6. The van der Waals surface area contributed by atoms with E-state index in [1.165, 1.54) is 31.5 Å². The van der Waals surface area contributed by atoms with Crippen LogP contribution in [0, 0.1) is 0 Å². The van der Waals surface area contributed by atoms with Gasteiger partial charge in [0, 0.05) is 24.8 Å². The molecule has 146 valence electrons. The van der Waals surface area contributed by atoms with Crippen molar-refractivity contribution in [2.45, 2.75) is 30.8 Å². The van der Waals surface area contributed by atoms with E-state index in [1.807, 2.05) is 12.1 Å². The number of H-pyrrole nitrogens is 1. The number of aromatic nitrogens is 2. The molecule has 0 atom stereocenters. The van der Waals surface area contributed by atoms with Gasteiger partial charge in [-0.05, 0) is 54.8 Å². The molecule has 2 heterocycles. The maximum Gasteiger partial charge on any atom is 0.240 e. The van der Waals surface area contributed by atoms with Gasteiger partial charge in [0.25, 0.3) is 0 Å². The third kappa shape index (κ3) is 4.49. The van der Waals surface area contributed by atoms with Crippen molar-refractivity contribution < 1.29 is 8.42 Å². The highest BCUT2D eigenvalue weighted by molar-refractivity contribution is 7.89. The number of benzene rings is 2. The molecule has 3 aromatic rings. The van der Waals surface area contributed by atoms with Gasteiger partial charge in [0.1, 0.15) is 0 Å². The van der Waals surface area contributed by atoms with Crippen molar-refractivity contribution in [2.24, 2.45) is 0 Å². The number of sulfonamides is 1. The van der Waals surface area contributed by atoms with Crippen LogP contribution in [0.25, 0.3) is 11.1 Å². The van der Waals surface area contributed by atoms with Crippen LogP contribution >= 0.6 is 0 Å². The number of hydrogen-bond donors (Lipinski definition) is 2. The van der Waals surface area contributed by atoms with E-state index in [9.17, 15) is 8.42 Å². The quantitative estimate of drug-likeness (QED) is 0.643. The molecule has 0 saturated carbocycles. The third-order valence-corrected chi connectivity index (χ3v) is 6.51. The summed E-state index contributed by atoms with van der Waals surface area (Å²) in [4.78, 5) is 2.70. The summed E-state index contributed by atoms with van der Waals surface area (Å²) in [6, 6.07) is 15.0. The molecule has 0 amide bonds. The Morgan fingerprint density at radius 2 is 1.61 bits per heavy atom. The van der Waals surface area contributed by atoms with Gasteiger partial charge in [-0.3, -0.25) is 10.00 Å². The lowest BCUT2D eigenvalue weighted by molar-refractivity contribution is 0.331. The Bertz CT molecular complexity index is 992. The molecule has 1 aliphatic heterocycles. The van der Waals surface area contributed by atoms with Crippen molar-refractivity contribution in [3.63, 3.8) is 0 Å². The summed E-state index contributed by atoms with van der Waals surface area (Å²) < 4.78 is 27.8. The smallest absolute Gasteiger partial charge is 0.240 e. The van der Waals surface area contributed by atoms with Gasteiger partial charge in [0.2, 0.25) is 10.0 Å². The lowest BCUT2D eigenvalue weighted by Crippen LogP contribution is -2.23. The standard InChI is InChI=1S/C21H24N4O2S/c26-28(27,21-9-7-19(8-10-21)20-14-22-23-15-20)24-13-17-3-5-18(6-4-17)16-25-11-1-2-12-25/h3-10,14-15,24H,1-2,11-13,16H2,(H,22,23). The summed E-state index contributed by atoms with van der Waals surface area (Å²) in [6.07, 6.45) is 6.04. The highest BCUT2D eigenvalue weighted by Crippen LogP contribution is 2.20. The van der Waals surface area contributed by atoms with Gasteiger partial charge in [-0.1, -0.05) is 36.4 Å². The van der Waals surface area contributed by atoms with Crippen LogP contribution in [-0.2, 0) is 23.1 Å². The summed E-state index contributed by atoms with van der Waals surface area (Å²) in [5.41, 5.74) is 4.05. The van der Waals surface area contributed by atoms with Gasteiger partial charge >= 0.3 is 0 Å². The van der Waals surface area contributed by atoms with Gasteiger partial charge in [0.15, 0.2) is 0 Å². The number of nitrogens with zero attached hydrogens (tertiary/aromatic N) is 2. The van der Waals surface area contributed by atoms with E-state index in [0.717, 1.165) is 23.2 Å². The molecule has 0 spiro atoms. The molecule has 1 aliphatic rings. The zero-order chi connectivity index (χ0) is 19.4. The Morgan fingerprint density at radius 1 is 0.929 bits per heavy atom. The predicted molar refractivity (Wildman–Crippen MR) is 109 cm³/mol. The van der Waals surface area contributed by atoms with Crippen molar-refractivity contribution in [3.8, 4) is 11.1 Å².